The molecule has 6 rings (SSSR count). The van der Waals surface area contributed by atoms with Gasteiger partial charge in [-0.3, -0.25) is 4.99 Å². The minimum atomic E-state index is -1.19. The van der Waals surface area contributed by atoms with Crippen LogP contribution in [-0.2, 0) is 11.3 Å². The Hall–Kier alpha value is -3.97. The van der Waals surface area contributed by atoms with E-state index in [1.54, 1.807) is 18.2 Å². The molecule has 2 aliphatic rings. The van der Waals surface area contributed by atoms with Gasteiger partial charge in [0.25, 0.3) is 0 Å². The normalized spacial score (nSPS) is 15.6. The van der Waals surface area contributed by atoms with E-state index >= 15 is 0 Å². The third kappa shape index (κ3) is 3.59. The van der Waals surface area contributed by atoms with Crippen LogP contribution in [0, 0.1) is 5.82 Å². The topological polar surface area (TPSA) is 84.0 Å². The number of aliphatic imine (C=N–C) groups is 1. The van der Waals surface area contributed by atoms with E-state index in [-0.39, 0.29) is 23.0 Å². The molecule has 2 aliphatic heterocycles. The Labute approximate surface area is 200 Å². The van der Waals surface area contributed by atoms with Crippen molar-refractivity contribution < 1.29 is 24.1 Å². The number of aromatic hydroxyl groups is 1. The number of halogens is 1. The molecule has 2 N–H and O–H groups in total. The number of rotatable bonds is 4. The van der Waals surface area contributed by atoms with E-state index in [2.05, 4.69) is 21.7 Å². The van der Waals surface area contributed by atoms with Gasteiger partial charge < -0.3 is 19.5 Å². The Morgan fingerprint density at radius 3 is 2.57 bits per heavy atom. The number of aromatic nitrogens is 1. The molecular weight excluding hydrogens is 447 g/mol. The van der Waals surface area contributed by atoms with Crippen LogP contribution in [0.5, 0.6) is 5.75 Å². The van der Waals surface area contributed by atoms with Crippen molar-refractivity contribution in [2.45, 2.75) is 25.3 Å². The van der Waals surface area contributed by atoms with Crippen LogP contribution in [0.2, 0.25) is 0 Å². The molecule has 0 radical (unpaired) electrons. The van der Waals surface area contributed by atoms with Gasteiger partial charge in [0.2, 0.25) is 0 Å². The molecule has 0 unspecified atom stereocenters. The third-order valence-corrected chi connectivity index (χ3v) is 6.97. The van der Waals surface area contributed by atoms with Crippen molar-refractivity contribution >= 4 is 23.1 Å². The lowest BCUT2D eigenvalue weighted by Crippen LogP contribution is -2.17. The van der Waals surface area contributed by atoms with Crippen molar-refractivity contribution in [3.8, 4) is 22.6 Å². The van der Waals surface area contributed by atoms with Gasteiger partial charge in [0.15, 0.2) is 0 Å². The standard InChI is InChI=1S/C28H23FN2O4/c29-20-2-4-21(5-3-20)31-24-13-19-15-30-14-18(19)12-22(24)26(27(31)16-7-9-35-10-8-16)17-1-6-25(32)23(11-17)28(33)34/h1-6,11-13,15-16,32H,7-10,14H2,(H,33,34). The van der Waals surface area contributed by atoms with Crippen LogP contribution in [0.3, 0.4) is 0 Å². The summed E-state index contributed by atoms with van der Waals surface area (Å²) in [6, 6.07) is 15.4. The van der Waals surface area contributed by atoms with Crippen LogP contribution in [0.25, 0.3) is 27.7 Å². The molecule has 3 aromatic carbocycles. The van der Waals surface area contributed by atoms with E-state index in [0.717, 1.165) is 51.8 Å². The van der Waals surface area contributed by atoms with Crippen molar-refractivity contribution in [2.75, 3.05) is 13.2 Å². The molecule has 176 valence electrons. The first-order valence-corrected chi connectivity index (χ1v) is 11.6. The number of phenols is 1. The van der Waals surface area contributed by atoms with Gasteiger partial charge in [-0.2, -0.15) is 0 Å². The Morgan fingerprint density at radius 1 is 1.06 bits per heavy atom. The molecule has 0 aliphatic carbocycles. The Morgan fingerprint density at radius 2 is 1.83 bits per heavy atom. The molecule has 0 amide bonds. The Kier molecular flexibility index (Phi) is 5.15. The van der Waals surface area contributed by atoms with E-state index in [1.807, 2.05) is 6.21 Å². The molecule has 1 saturated heterocycles. The first-order chi connectivity index (χ1) is 17.0. The summed E-state index contributed by atoms with van der Waals surface area (Å²) in [7, 11) is 0. The van der Waals surface area contributed by atoms with Gasteiger partial charge in [-0.1, -0.05) is 6.07 Å². The molecule has 6 nitrogen and oxygen atoms in total. The summed E-state index contributed by atoms with van der Waals surface area (Å²) in [6.07, 6.45) is 3.50. The first-order valence-electron chi connectivity index (χ1n) is 11.6. The van der Waals surface area contributed by atoms with Crippen LogP contribution < -0.4 is 0 Å². The highest BCUT2D eigenvalue weighted by Crippen LogP contribution is 2.45. The van der Waals surface area contributed by atoms with E-state index < -0.39 is 5.97 Å². The number of carboxylic acid groups (broad SMARTS) is 1. The van der Waals surface area contributed by atoms with Gasteiger partial charge >= 0.3 is 5.97 Å². The van der Waals surface area contributed by atoms with E-state index in [0.29, 0.717) is 25.3 Å². The fraction of sp³-hybridized carbons (Fsp3) is 0.214. The van der Waals surface area contributed by atoms with Gasteiger partial charge in [-0.15, -0.1) is 0 Å². The predicted octanol–water partition coefficient (Wildman–Crippen LogP) is 5.67. The highest BCUT2D eigenvalue weighted by molar-refractivity contribution is 6.04. The summed E-state index contributed by atoms with van der Waals surface area (Å²) in [5.41, 5.74) is 6.46. The van der Waals surface area contributed by atoms with E-state index in [4.69, 9.17) is 4.74 Å². The number of carboxylic acids is 1. The molecule has 7 heteroatoms. The van der Waals surface area contributed by atoms with Crippen LogP contribution >= 0.6 is 0 Å². The summed E-state index contributed by atoms with van der Waals surface area (Å²) < 4.78 is 21.7. The van der Waals surface area contributed by atoms with Crippen molar-refractivity contribution in [1.82, 2.24) is 4.57 Å². The van der Waals surface area contributed by atoms with E-state index in [9.17, 15) is 19.4 Å². The van der Waals surface area contributed by atoms with Crippen LogP contribution in [0.15, 0.2) is 59.6 Å². The molecule has 1 fully saturated rings. The monoisotopic (exact) mass is 470 g/mol. The highest BCUT2D eigenvalue weighted by atomic mass is 19.1. The number of fused-ring (bicyclic) bond motifs is 2. The van der Waals surface area contributed by atoms with Crippen LogP contribution in [-0.4, -0.2) is 40.2 Å². The number of nitrogens with zero attached hydrogens (tertiary/aromatic N) is 2. The third-order valence-electron chi connectivity index (χ3n) is 6.97. The largest absolute Gasteiger partial charge is 0.507 e. The van der Waals surface area contributed by atoms with Gasteiger partial charge in [0, 0.05) is 47.7 Å². The fourth-order valence-electron chi connectivity index (χ4n) is 5.31. The highest BCUT2D eigenvalue weighted by Gasteiger charge is 2.29. The minimum absolute atomic E-state index is 0.146. The van der Waals surface area contributed by atoms with Gasteiger partial charge in [-0.25, -0.2) is 9.18 Å². The lowest BCUT2D eigenvalue weighted by molar-refractivity contribution is 0.0693. The second-order valence-corrected chi connectivity index (χ2v) is 9.03. The maximum atomic E-state index is 13.9. The molecule has 35 heavy (non-hydrogen) atoms. The summed E-state index contributed by atoms with van der Waals surface area (Å²) in [5, 5.41) is 20.8. The summed E-state index contributed by atoms with van der Waals surface area (Å²) in [4.78, 5) is 16.3. The number of aromatic carboxylic acids is 1. The first kappa shape index (κ1) is 21.6. The molecule has 0 spiro atoms. The zero-order chi connectivity index (χ0) is 24.1. The maximum Gasteiger partial charge on any atom is 0.339 e. The molecule has 0 saturated carbocycles. The number of benzene rings is 3. The zero-order valence-electron chi connectivity index (χ0n) is 18.9. The number of ether oxygens (including phenoxy) is 1. The van der Waals surface area contributed by atoms with Gasteiger partial charge in [0.05, 0.1) is 12.1 Å². The fourth-order valence-corrected chi connectivity index (χ4v) is 5.31. The quantitative estimate of drug-likeness (QED) is 0.403. The van der Waals surface area contributed by atoms with Crippen molar-refractivity contribution in [1.29, 1.82) is 0 Å². The molecule has 1 aromatic heterocycles. The zero-order valence-corrected chi connectivity index (χ0v) is 18.9. The molecule has 3 heterocycles. The predicted molar refractivity (Wildman–Crippen MR) is 131 cm³/mol. The second-order valence-electron chi connectivity index (χ2n) is 9.03. The van der Waals surface area contributed by atoms with Crippen LogP contribution in [0.4, 0.5) is 4.39 Å². The average Bonchev–Trinajstić information content (AvgIpc) is 3.46. The number of hydrogen-bond donors (Lipinski definition) is 2. The minimum Gasteiger partial charge on any atom is -0.507 e. The molecule has 4 aromatic rings. The Bertz CT molecular complexity index is 1500. The Balaban J connectivity index is 1.73. The van der Waals surface area contributed by atoms with Crippen molar-refractivity contribution in [3.63, 3.8) is 0 Å². The smallest absolute Gasteiger partial charge is 0.339 e. The summed E-state index contributed by atoms with van der Waals surface area (Å²) >= 11 is 0. The molecular formula is C28H23FN2O4. The number of carbonyl (C=O) groups is 1. The van der Waals surface area contributed by atoms with Crippen molar-refractivity contribution in [3.05, 3.63) is 82.8 Å². The van der Waals surface area contributed by atoms with Crippen LogP contribution in [0.1, 0.15) is 45.9 Å². The van der Waals surface area contributed by atoms with Gasteiger partial charge in [-0.05, 0) is 78.1 Å². The summed E-state index contributed by atoms with van der Waals surface area (Å²) in [6.45, 7) is 1.86. The van der Waals surface area contributed by atoms with Gasteiger partial charge in [0.1, 0.15) is 17.1 Å². The lowest BCUT2D eigenvalue weighted by Gasteiger charge is -2.26. The lowest BCUT2D eigenvalue weighted by atomic mass is 9.89. The van der Waals surface area contributed by atoms with E-state index in [1.165, 1.54) is 24.3 Å². The maximum absolute atomic E-state index is 13.9. The van der Waals surface area contributed by atoms with Crippen molar-refractivity contribution in [2.24, 2.45) is 4.99 Å². The molecule has 0 atom stereocenters. The summed E-state index contributed by atoms with van der Waals surface area (Å²) in [5.74, 6) is -1.61. The SMILES string of the molecule is O=C(O)c1cc(-c2c(C3CCOCC3)n(-c3ccc(F)cc3)c3cc4c(cc23)CN=C4)ccc1O. The number of hydrogen-bond acceptors (Lipinski definition) is 4. The molecule has 0 bridgehead atoms. The second kappa shape index (κ2) is 8.36. The average molecular weight is 471 g/mol.